The van der Waals surface area contributed by atoms with Crippen LogP contribution in [-0.2, 0) is 11.2 Å². The van der Waals surface area contributed by atoms with Gasteiger partial charge in [-0.15, -0.1) is 0 Å². The van der Waals surface area contributed by atoms with Crippen molar-refractivity contribution in [1.29, 1.82) is 0 Å². The first-order valence-corrected chi connectivity index (χ1v) is 10.3. The summed E-state index contributed by atoms with van der Waals surface area (Å²) in [6.07, 6.45) is 2.50. The zero-order valence-corrected chi connectivity index (χ0v) is 17.7. The molecule has 0 saturated carbocycles. The van der Waals surface area contributed by atoms with Gasteiger partial charge in [0.2, 0.25) is 5.91 Å². The van der Waals surface area contributed by atoms with Crippen molar-refractivity contribution in [3.8, 4) is 0 Å². The monoisotopic (exact) mass is 435 g/mol. The highest BCUT2D eigenvalue weighted by Crippen LogP contribution is 2.27. The molecule has 0 radical (unpaired) electrons. The number of hydrogen-bond donors (Lipinski definition) is 0. The van der Waals surface area contributed by atoms with E-state index < -0.39 is 4.92 Å². The number of likely N-dealkylation sites (N-methyl/N-ethyl adjacent to an activating group) is 1. The number of likely N-dealkylation sites (tertiary alicyclic amines) is 1. The number of carbonyl (C=O) groups is 1. The van der Waals surface area contributed by atoms with Crippen LogP contribution >= 0.6 is 23.2 Å². The lowest BCUT2D eigenvalue weighted by Gasteiger charge is -2.32. The standard InChI is InChI=1S/C21H23Cl2N3O3/c1-24(21(27)13-15-4-9-18(22)19(23)12-15)20(14-25-10-2-3-11-25)16-5-7-17(8-6-16)26(28)29/h4-9,12,20H,2-3,10-11,13-14H2,1H3/t20-/m1/s1. The van der Waals surface area contributed by atoms with Gasteiger partial charge >= 0.3 is 0 Å². The van der Waals surface area contributed by atoms with E-state index >= 15 is 0 Å². The van der Waals surface area contributed by atoms with Crippen LogP contribution in [0.1, 0.15) is 30.0 Å². The molecule has 0 bridgehead atoms. The highest BCUT2D eigenvalue weighted by Gasteiger charge is 2.26. The molecule has 0 aromatic heterocycles. The average molecular weight is 436 g/mol. The van der Waals surface area contributed by atoms with Gasteiger partial charge in [-0.3, -0.25) is 14.9 Å². The van der Waals surface area contributed by atoms with E-state index in [-0.39, 0.29) is 24.1 Å². The number of nitro benzene ring substituents is 1. The molecular weight excluding hydrogens is 413 g/mol. The highest BCUT2D eigenvalue weighted by atomic mass is 35.5. The van der Waals surface area contributed by atoms with Crippen LogP contribution in [0.5, 0.6) is 0 Å². The molecule has 1 heterocycles. The normalized spacial score (nSPS) is 15.3. The van der Waals surface area contributed by atoms with Crippen molar-refractivity contribution in [2.75, 3.05) is 26.7 Å². The molecule has 3 rings (SSSR count). The minimum absolute atomic E-state index is 0.0402. The maximum Gasteiger partial charge on any atom is 0.269 e. The van der Waals surface area contributed by atoms with Gasteiger partial charge in [-0.2, -0.15) is 0 Å². The number of halogens is 2. The van der Waals surface area contributed by atoms with Crippen LogP contribution in [0.2, 0.25) is 10.0 Å². The highest BCUT2D eigenvalue weighted by molar-refractivity contribution is 6.42. The maximum atomic E-state index is 13.0. The Labute approximate surface area is 180 Å². The molecule has 1 amide bonds. The predicted octanol–water partition coefficient (Wildman–Crippen LogP) is 4.74. The fourth-order valence-corrected chi connectivity index (χ4v) is 3.92. The quantitative estimate of drug-likeness (QED) is 0.465. The Morgan fingerprint density at radius 3 is 2.38 bits per heavy atom. The molecular formula is C21H23Cl2N3O3. The van der Waals surface area contributed by atoms with E-state index in [2.05, 4.69) is 4.90 Å². The van der Waals surface area contributed by atoms with Gasteiger partial charge in [0.25, 0.3) is 5.69 Å². The predicted molar refractivity (Wildman–Crippen MR) is 114 cm³/mol. The third kappa shape index (κ3) is 5.47. The fourth-order valence-electron chi connectivity index (χ4n) is 3.60. The third-order valence-corrected chi connectivity index (χ3v) is 6.06. The second-order valence-electron chi connectivity index (χ2n) is 7.30. The summed E-state index contributed by atoms with van der Waals surface area (Å²) in [5, 5.41) is 11.8. The Hall–Kier alpha value is -2.15. The lowest BCUT2D eigenvalue weighted by Crippen LogP contribution is -2.39. The molecule has 0 spiro atoms. The minimum atomic E-state index is -0.418. The molecule has 29 heavy (non-hydrogen) atoms. The van der Waals surface area contributed by atoms with Gasteiger partial charge in [-0.05, 0) is 49.2 Å². The number of rotatable bonds is 7. The molecule has 8 heteroatoms. The van der Waals surface area contributed by atoms with E-state index in [4.69, 9.17) is 23.2 Å². The summed E-state index contributed by atoms with van der Waals surface area (Å²) in [5.74, 6) is -0.0501. The number of carbonyl (C=O) groups excluding carboxylic acids is 1. The van der Waals surface area contributed by atoms with Crippen molar-refractivity contribution in [3.05, 3.63) is 73.8 Å². The van der Waals surface area contributed by atoms with E-state index in [1.165, 1.54) is 12.1 Å². The van der Waals surface area contributed by atoms with E-state index in [9.17, 15) is 14.9 Å². The summed E-state index contributed by atoms with van der Waals surface area (Å²) in [6, 6.07) is 11.4. The number of nitro groups is 1. The Morgan fingerprint density at radius 1 is 1.14 bits per heavy atom. The Bertz CT molecular complexity index is 883. The fraction of sp³-hybridized carbons (Fsp3) is 0.381. The number of benzene rings is 2. The van der Waals surface area contributed by atoms with Crippen molar-refractivity contribution in [3.63, 3.8) is 0 Å². The summed E-state index contributed by atoms with van der Waals surface area (Å²) < 4.78 is 0. The topological polar surface area (TPSA) is 66.7 Å². The molecule has 154 valence electrons. The summed E-state index contributed by atoms with van der Waals surface area (Å²) in [4.78, 5) is 27.6. The number of nitrogens with zero attached hydrogens (tertiary/aromatic N) is 3. The van der Waals surface area contributed by atoms with Gasteiger partial charge < -0.3 is 9.80 Å². The van der Waals surface area contributed by atoms with Crippen LogP contribution < -0.4 is 0 Å². The number of non-ortho nitro benzene ring substituents is 1. The van der Waals surface area contributed by atoms with Crippen LogP contribution in [0.3, 0.4) is 0 Å². The lowest BCUT2D eigenvalue weighted by molar-refractivity contribution is -0.384. The van der Waals surface area contributed by atoms with Crippen LogP contribution in [0.25, 0.3) is 0 Å². The first-order chi connectivity index (χ1) is 13.8. The molecule has 0 unspecified atom stereocenters. The average Bonchev–Trinajstić information content (AvgIpc) is 3.22. The Balaban J connectivity index is 1.80. The molecule has 6 nitrogen and oxygen atoms in total. The zero-order chi connectivity index (χ0) is 21.0. The molecule has 1 atom stereocenters. The van der Waals surface area contributed by atoms with Crippen molar-refractivity contribution in [1.82, 2.24) is 9.80 Å². The van der Waals surface area contributed by atoms with E-state index in [1.807, 2.05) is 0 Å². The second-order valence-corrected chi connectivity index (χ2v) is 8.12. The maximum absolute atomic E-state index is 13.0. The molecule has 2 aromatic carbocycles. The van der Waals surface area contributed by atoms with Crippen molar-refractivity contribution >= 4 is 34.8 Å². The largest absolute Gasteiger partial charge is 0.337 e. The Kier molecular flexibility index (Phi) is 7.11. The Morgan fingerprint density at radius 2 is 1.79 bits per heavy atom. The SMILES string of the molecule is CN(C(=O)Cc1ccc(Cl)c(Cl)c1)[C@H](CN1CCCC1)c1ccc([N+](=O)[O-])cc1. The molecule has 1 aliphatic rings. The molecule has 2 aromatic rings. The van der Waals surface area contributed by atoms with Gasteiger partial charge in [0.1, 0.15) is 0 Å². The van der Waals surface area contributed by atoms with Crippen molar-refractivity contribution in [2.45, 2.75) is 25.3 Å². The van der Waals surface area contributed by atoms with Gasteiger partial charge in [0.15, 0.2) is 0 Å². The van der Waals surface area contributed by atoms with E-state index in [0.29, 0.717) is 16.6 Å². The molecule has 1 aliphatic heterocycles. The summed E-state index contributed by atoms with van der Waals surface area (Å²) in [6.45, 7) is 2.69. The summed E-state index contributed by atoms with van der Waals surface area (Å²) in [7, 11) is 1.78. The van der Waals surface area contributed by atoms with Crippen molar-refractivity contribution < 1.29 is 9.72 Å². The van der Waals surface area contributed by atoms with Crippen molar-refractivity contribution in [2.24, 2.45) is 0 Å². The van der Waals surface area contributed by atoms with E-state index in [1.54, 1.807) is 42.3 Å². The smallest absolute Gasteiger partial charge is 0.269 e. The summed E-state index contributed by atoms with van der Waals surface area (Å²) >= 11 is 12.0. The molecule has 0 N–H and O–H groups in total. The van der Waals surface area contributed by atoms with Crippen LogP contribution in [-0.4, -0.2) is 47.3 Å². The molecule has 1 fully saturated rings. The van der Waals surface area contributed by atoms with Gasteiger partial charge in [-0.25, -0.2) is 0 Å². The van der Waals surface area contributed by atoms with E-state index in [0.717, 1.165) is 37.1 Å². The van der Waals surface area contributed by atoms with Gasteiger partial charge in [-0.1, -0.05) is 41.4 Å². The van der Waals surface area contributed by atoms with Crippen LogP contribution in [0.4, 0.5) is 5.69 Å². The first kappa shape index (κ1) is 21.6. The summed E-state index contributed by atoms with van der Waals surface area (Å²) in [5.41, 5.74) is 1.71. The van der Waals surface area contributed by atoms with Gasteiger partial charge in [0, 0.05) is 25.7 Å². The van der Waals surface area contributed by atoms with Crippen LogP contribution in [0.15, 0.2) is 42.5 Å². The zero-order valence-electron chi connectivity index (χ0n) is 16.2. The van der Waals surface area contributed by atoms with Gasteiger partial charge in [0.05, 0.1) is 27.4 Å². The second kappa shape index (κ2) is 9.57. The molecule has 1 saturated heterocycles. The van der Waals surface area contributed by atoms with Crippen LogP contribution in [0, 0.1) is 10.1 Å². The number of amides is 1. The lowest BCUT2D eigenvalue weighted by atomic mass is 10.0. The number of hydrogen-bond acceptors (Lipinski definition) is 4. The first-order valence-electron chi connectivity index (χ1n) is 9.51. The molecule has 0 aliphatic carbocycles. The third-order valence-electron chi connectivity index (χ3n) is 5.32. The minimum Gasteiger partial charge on any atom is -0.337 e.